The van der Waals surface area contributed by atoms with E-state index >= 15 is 0 Å². The first-order valence-corrected chi connectivity index (χ1v) is 5.12. The van der Waals surface area contributed by atoms with E-state index in [9.17, 15) is 4.79 Å². The molecule has 84 valence electrons. The Morgan fingerprint density at radius 2 is 2.38 bits per heavy atom. The molecule has 0 aliphatic heterocycles. The highest BCUT2D eigenvalue weighted by Gasteiger charge is 2.06. The Kier molecular flexibility index (Phi) is 3.09. The number of aryl methyl sites for hydroxylation is 1. The molecule has 0 amide bonds. The summed E-state index contributed by atoms with van der Waals surface area (Å²) in [6.07, 6.45) is 4.84. The van der Waals surface area contributed by atoms with Gasteiger partial charge in [-0.25, -0.2) is 9.78 Å². The van der Waals surface area contributed by atoms with Crippen LogP contribution in [0.4, 0.5) is 0 Å². The van der Waals surface area contributed by atoms with Crippen LogP contribution < -0.4 is 5.69 Å². The molecule has 0 atom stereocenters. The normalized spacial score (nSPS) is 10.6. The lowest BCUT2D eigenvalue weighted by Crippen LogP contribution is -2.22. The molecule has 6 heteroatoms. The van der Waals surface area contributed by atoms with Crippen LogP contribution in [0, 0.1) is 0 Å². The van der Waals surface area contributed by atoms with Crippen LogP contribution in [-0.2, 0) is 13.0 Å². The third kappa shape index (κ3) is 2.33. The smallest absolute Gasteiger partial charge is 0.337 e. The second-order valence-electron chi connectivity index (χ2n) is 3.38. The van der Waals surface area contributed by atoms with Crippen molar-refractivity contribution in [3.8, 4) is 0 Å². The molecule has 0 aliphatic carbocycles. The largest absolute Gasteiger partial charge is 0.347 e. The van der Waals surface area contributed by atoms with Gasteiger partial charge in [-0.15, -0.1) is 0 Å². The molecular formula is C10H12N4O2. The molecule has 2 heterocycles. The van der Waals surface area contributed by atoms with Crippen molar-refractivity contribution in [1.82, 2.24) is 19.7 Å². The minimum Gasteiger partial charge on any atom is -0.337 e. The molecule has 0 aromatic carbocycles. The van der Waals surface area contributed by atoms with Crippen LogP contribution >= 0.6 is 0 Å². The average molecular weight is 220 g/mol. The summed E-state index contributed by atoms with van der Waals surface area (Å²) in [5.74, 6) is 1.10. The molecule has 2 aromatic heterocycles. The van der Waals surface area contributed by atoms with Crippen LogP contribution in [0.1, 0.15) is 25.1 Å². The fourth-order valence-electron chi connectivity index (χ4n) is 1.33. The van der Waals surface area contributed by atoms with Crippen LogP contribution in [0.25, 0.3) is 0 Å². The maximum atomic E-state index is 11.3. The van der Waals surface area contributed by atoms with Gasteiger partial charge in [-0.2, -0.15) is 4.98 Å². The summed E-state index contributed by atoms with van der Waals surface area (Å²) in [5, 5.41) is 3.81. The van der Waals surface area contributed by atoms with Gasteiger partial charge < -0.3 is 4.52 Å². The summed E-state index contributed by atoms with van der Waals surface area (Å²) in [7, 11) is 0. The van der Waals surface area contributed by atoms with Gasteiger partial charge in [-0.1, -0.05) is 12.1 Å². The van der Waals surface area contributed by atoms with Gasteiger partial charge in [0.05, 0.1) is 0 Å². The SMILES string of the molecule is CCCc1noc(Cn2cccnc2=O)n1. The molecule has 0 spiro atoms. The highest BCUT2D eigenvalue weighted by molar-refractivity contribution is 4.89. The topological polar surface area (TPSA) is 73.8 Å². The first-order valence-electron chi connectivity index (χ1n) is 5.12. The van der Waals surface area contributed by atoms with E-state index in [-0.39, 0.29) is 12.2 Å². The zero-order valence-corrected chi connectivity index (χ0v) is 8.96. The molecule has 0 radical (unpaired) electrons. The fraction of sp³-hybridized carbons (Fsp3) is 0.400. The predicted molar refractivity (Wildman–Crippen MR) is 55.9 cm³/mol. The van der Waals surface area contributed by atoms with Crippen molar-refractivity contribution in [2.75, 3.05) is 0 Å². The van der Waals surface area contributed by atoms with E-state index in [0.717, 1.165) is 12.8 Å². The Balaban J connectivity index is 2.15. The van der Waals surface area contributed by atoms with E-state index in [1.54, 1.807) is 12.3 Å². The number of hydrogen-bond donors (Lipinski definition) is 0. The highest BCUT2D eigenvalue weighted by atomic mass is 16.5. The van der Waals surface area contributed by atoms with Crippen molar-refractivity contribution in [3.05, 3.63) is 40.7 Å². The monoisotopic (exact) mass is 220 g/mol. The summed E-state index contributed by atoms with van der Waals surface area (Å²) in [6, 6.07) is 1.69. The first-order chi connectivity index (χ1) is 7.79. The number of rotatable bonds is 4. The lowest BCUT2D eigenvalue weighted by Gasteiger charge is -1.97. The summed E-state index contributed by atoms with van der Waals surface area (Å²) in [4.78, 5) is 19.1. The Bertz CT molecular complexity index is 517. The van der Waals surface area contributed by atoms with Gasteiger partial charge in [0, 0.05) is 18.8 Å². The maximum absolute atomic E-state index is 11.3. The molecule has 6 nitrogen and oxygen atoms in total. The van der Waals surface area contributed by atoms with E-state index in [0.29, 0.717) is 11.7 Å². The van der Waals surface area contributed by atoms with Crippen molar-refractivity contribution in [1.29, 1.82) is 0 Å². The number of hydrogen-bond acceptors (Lipinski definition) is 5. The molecule has 0 aliphatic rings. The van der Waals surface area contributed by atoms with Crippen molar-refractivity contribution in [3.63, 3.8) is 0 Å². The molecule has 0 N–H and O–H groups in total. The summed E-state index contributed by atoms with van der Waals surface area (Å²) >= 11 is 0. The molecular weight excluding hydrogens is 208 g/mol. The Hall–Kier alpha value is -1.98. The standard InChI is InChI=1S/C10H12N4O2/c1-2-4-8-12-9(16-13-8)7-14-6-3-5-11-10(14)15/h3,5-6H,2,4,7H2,1H3. The molecule has 16 heavy (non-hydrogen) atoms. The van der Waals surface area contributed by atoms with Crippen molar-refractivity contribution >= 4 is 0 Å². The van der Waals surface area contributed by atoms with Gasteiger partial charge in [0.1, 0.15) is 6.54 Å². The van der Waals surface area contributed by atoms with Crippen molar-refractivity contribution < 1.29 is 4.52 Å². The van der Waals surface area contributed by atoms with Crippen LogP contribution in [0.3, 0.4) is 0 Å². The first kappa shape index (κ1) is 10.5. The van der Waals surface area contributed by atoms with Gasteiger partial charge in [0.15, 0.2) is 5.82 Å². The molecule has 0 fully saturated rings. The minimum absolute atomic E-state index is 0.267. The molecule has 0 bridgehead atoms. The van der Waals surface area contributed by atoms with Gasteiger partial charge in [0.25, 0.3) is 0 Å². The van der Waals surface area contributed by atoms with E-state index in [2.05, 4.69) is 15.1 Å². The number of aromatic nitrogens is 4. The quantitative estimate of drug-likeness (QED) is 0.755. The van der Waals surface area contributed by atoms with E-state index in [4.69, 9.17) is 4.52 Å². The van der Waals surface area contributed by atoms with Gasteiger partial charge in [-0.05, 0) is 12.5 Å². The summed E-state index contributed by atoms with van der Waals surface area (Å²) < 4.78 is 6.45. The number of nitrogens with zero attached hydrogens (tertiary/aromatic N) is 4. The van der Waals surface area contributed by atoms with E-state index < -0.39 is 0 Å². The summed E-state index contributed by atoms with van der Waals surface area (Å²) in [5.41, 5.74) is -0.322. The van der Waals surface area contributed by atoms with Gasteiger partial charge >= 0.3 is 5.69 Å². The Morgan fingerprint density at radius 3 is 3.12 bits per heavy atom. The minimum atomic E-state index is -0.322. The van der Waals surface area contributed by atoms with Crippen LogP contribution in [0.15, 0.2) is 27.8 Å². The van der Waals surface area contributed by atoms with Crippen molar-refractivity contribution in [2.24, 2.45) is 0 Å². The van der Waals surface area contributed by atoms with Crippen LogP contribution in [-0.4, -0.2) is 19.7 Å². The second-order valence-corrected chi connectivity index (χ2v) is 3.38. The van der Waals surface area contributed by atoms with Crippen LogP contribution in [0.2, 0.25) is 0 Å². The molecule has 2 aromatic rings. The zero-order valence-electron chi connectivity index (χ0n) is 8.96. The van der Waals surface area contributed by atoms with Crippen molar-refractivity contribution in [2.45, 2.75) is 26.3 Å². The maximum Gasteiger partial charge on any atom is 0.347 e. The highest BCUT2D eigenvalue weighted by Crippen LogP contribution is 2.01. The lowest BCUT2D eigenvalue weighted by atomic mass is 10.3. The zero-order chi connectivity index (χ0) is 11.4. The molecule has 0 saturated heterocycles. The summed E-state index contributed by atoms with van der Waals surface area (Å²) in [6.45, 7) is 2.31. The second kappa shape index (κ2) is 4.69. The van der Waals surface area contributed by atoms with Crippen LogP contribution in [0.5, 0.6) is 0 Å². The average Bonchev–Trinajstić information content (AvgIpc) is 2.70. The fourth-order valence-corrected chi connectivity index (χ4v) is 1.33. The Labute approximate surface area is 91.9 Å². The van der Waals surface area contributed by atoms with E-state index in [1.165, 1.54) is 10.8 Å². The lowest BCUT2D eigenvalue weighted by molar-refractivity contribution is 0.364. The van der Waals surface area contributed by atoms with Gasteiger partial charge in [0.2, 0.25) is 5.89 Å². The van der Waals surface area contributed by atoms with E-state index in [1.807, 2.05) is 6.92 Å². The van der Waals surface area contributed by atoms with Gasteiger partial charge in [-0.3, -0.25) is 4.57 Å². The third-order valence-electron chi connectivity index (χ3n) is 2.07. The Morgan fingerprint density at radius 1 is 1.50 bits per heavy atom. The molecule has 0 saturated carbocycles. The predicted octanol–water partition coefficient (Wildman–Crippen LogP) is 0.627. The molecule has 2 rings (SSSR count). The molecule has 0 unspecified atom stereocenters. The third-order valence-corrected chi connectivity index (χ3v) is 2.07.